The van der Waals surface area contributed by atoms with Gasteiger partial charge < -0.3 is 14.8 Å². The highest BCUT2D eigenvalue weighted by Crippen LogP contribution is 2.23. The summed E-state index contributed by atoms with van der Waals surface area (Å²) < 4.78 is 10.8. The van der Waals surface area contributed by atoms with Crippen molar-refractivity contribution in [1.29, 1.82) is 0 Å². The minimum absolute atomic E-state index is 0.0715. The van der Waals surface area contributed by atoms with E-state index in [9.17, 15) is 14.4 Å². The van der Waals surface area contributed by atoms with Crippen LogP contribution in [0, 0.1) is 0 Å². The lowest BCUT2D eigenvalue weighted by molar-refractivity contribution is -0.136. The van der Waals surface area contributed by atoms with Crippen LogP contribution in [0.2, 0.25) is 0 Å². The van der Waals surface area contributed by atoms with Gasteiger partial charge in [-0.15, -0.1) is 0 Å². The highest BCUT2D eigenvalue weighted by atomic mass is 16.6. The van der Waals surface area contributed by atoms with E-state index >= 15 is 0 Å². The highest BCUT2D eigenvalue weighted by Gasteiger charge is 2.32. The molecule has 0 radical (unpaired) electrons. The van der Waals surface area contributed by atoms with Crippen LogP contribution in [0.25, 0.3) is 0 Å². The molecule has 1 atom stereocenters. The van der Waals surface area contributed by atoms with Crippen molar-refractivity contribution in [3.05, 3.63) is 54.2 Å². The summed E-state index contributed by atoms with van der Waals surface area (Å²) in [5, 5.41) is 2.52. The van der Waals surface area contributed by atoms with Crippen molar-refractivity contribution in [2.45, 2.75) is 13.0 Å². The molecule has 2 aromatic rings. The molecule has 3 rings (SSSR count). The van der Waals surface area contributed by atoms with Crippen molar-refractivity contribution in [3.63, 3.8) is 0 Å². The van der Waals surface area contributed by atoms with Gasteiger partial charge in [-0.05, 0) is 31.2 Å². The van der Waals surface area contributed by atoms with E-state index in [1.165, 1.54) is 19.2 Å². The maximum Gasteiger partial charge on any atom is 0.344 e. The fraction of sp³-hybridized carbons (Fsp3) is 0.222. The van der Waals surface area contributed by atoms with E-state index in [-0.39, 0.29) is 18.0 Å². The number of nitrogens with one attached hydrogen (secondary N) is 1. The Balaban J connectivity index is 1.71. The molecule has 3 amide bonds. The van der Waals surface area contributed by atoms with E-state index in [1.54, 1.807) is 30.3 Å². The Kier molecular flexibility index (Phi) is 5.12. The number of carbonyl (C=O) groups excluding carboxylic acids is 3. The fourth-order valence-electron chi connectivity index (χ4n) is 2.40. The predicted molar refractivity (Wildman–Crippen MR) is 90.7 cm³/mol. The number of carbonyl (C=O) groups is 3. The molecule has 1 aromatic carbocycles. The number of aromatic nitrogens is 1. The van der Waals surface area contributed by atoms with E-state index in [0.29, 0.717) is 12.3 Å². The van der Waals surface area contributed by atoms with Crippen molar-refractivity contribution in [2.75, 3.05) is 13.1 Å². The molecule has 134 valence electrons. The standard InChI is InChI=1S/C18H17N3O5/c1-12(16(22)21-11-10-20-18(21)24)25-17(23)14-8-5-9-19-15(14)26-13-6-3-2-4-7-13/h2-9,12H,10-11H2,1H3,(H,20,24)/t12-/m1/s1. The lowest BCUT2D eigenvalue weighted by atomic mass is 10.2. The minimum atomic E-state index is -1.11. The number of imide groups is 1. The van der Waals surface area contributed by atoms with Crippen LogP contribution in [-0.2, 0) is 9.53 Å². The van der Waals surface area contributed by atoms with E-state index < -0.39 is 24.0 Å². The number of hydrogen-bond donors (Lipinski definition) is 1. The molecule has 0 aliphatic carbocycles. The second-order valence-electron chi connectivity index (χ2n) is 5.54. The average Bonchev–Trinajstić information content (AvgIpc) is 3.08. The van der Waals surface area contributed by atoms with Gasteiger partial charge in [-0.25, -0.2) is 14.6 Å². The lowest BCUT2D eigenvalue weighted by Crippen LogP contribution is -2.41. The fourth-order valence-corrected chi connectivity index (χ4v) is 2.40. The number of hydrogen-bond acceptors (Lipinski definition) is 6. The molecule has 1 saturated heterocycles. The third-order valence-corrected chi connectivity index (χ3v) is 3.70. The van der Waals surface area contributed by atoms with Crippen molar-refractivity contribution >= 4 is 17.9 Å². The van der Waals surface area contributed by atoms with Crippen LogP contribution in [0.4, 0.5) is 4.79 Å². The Morgan fingerprint density at radius 3 is 2.65 bits per heavy atom. The number of esters is 1. The summed E-state index contributed by atoms with van der Waals surface area (Å²) >= 11 is 0. The van der Waals surface area contributed by atoms with Gasteiger partial charge in [0.1, 0.15) is 11.3 Å². The van der Waals surface area contributed by atoms with Gasteiger partial charge in [0.15, 0.2) is 6.10 Å². The Morgan fingerprint density at radius 2 is 1.96 bits per heavy atom. The van der Waals surface area contributed by atoms with Crippen LogP contribution >= 0.6 is 0 Å². The Hall–Kier alpha value is -3.42. The Bertz CT molecular complexity index is 825. The zero-order chi connectivity index (χ0) is 18.5. The summed E-state index contributed by atoms with van der Waals surface area (Å²) in [4.78, 5) is 41.3. The molecule has 1 aliphatic rings. The predicted octanol–water partition coefficient (Wildman–Crippen LogP) is 1.97. The molecule has 0 spiro atoms. The molecule has 1 fully saturated rings. The first kappa shape index (κ1) is 17.4. The topological polar surface area (TPSA) is 97.8 Å². The summed E-state index contributed by atoms with van der Waals surface area (Å²) in [7, 11) is 0. The molecule has 26 heavy (non-hydrogen) atoms. The maximum absolute atomic E-state index is 12.5. The van der Waals surface area contributed by atoms with E-state index in [0.717, 1.165) is 4.90 Å². The number of benzene rings is 1. The van der Waals surface area contributed by atoms with Crippen LogP contribution < -0.4 is 10.1 Å². The first-order chi connectivity index (χ1) is 12.6. The molecular weight excluding hydrogens is 338 g/mol. The number of rotatable bonds is 5. The molecule has 8 nitrogen and oxygen atoms in total. The van der Waals surface area contributed by atoms with Crippen LogP contribution in [0.5, 0.6) is 11.6 Å². The molecule has 1 N–H and O–H groups in total. The monoisotopic (exact) mass is 355 g/mol. The van der Waals surface area contributed by atoms with Gasteiger partial charge in [0.05, 0.1) is 0 Å². The van der Waals surface area contributed by atoms with Gasteiger partial charge >= 0.3 is 12.0 Å². The first-order valence-corrected chi connectivity index (χ1v) is 8.04. The Morgan fingerprint density at radius 1 is 1.19 bits per heavy atom. The quantitative estimate of drug-likeness (QED) is 0.824. The first-order valence-electron chi connectivity index (χ1n) is 8.04. The van der Waals surface area contributed by atoms with E-state index in [4.69, 9.17) is 9.47 Å². The molecule has 1 aromatic heterocycles. The van der Waals surface area contributed by atoms with Crippen LogP contribution in [-0.4, -0.2) is 47.0 Å². The lowest BCUT2D eigenvalue weighted by Gasteiger charge is -2.18. The average molecular weight is 355 g/mol. The van der Waals surface area contributed by atoms with Crippen molar-refractivity contribution < 1.29 is 23.9 Å². The molecule has 0 saturated carbocycles. The van der Waals surface area contributed by atoms with Crippen LogP contribution in [0.3, 0.4) is 0 Å². The SMILES string of the molecule is C[C@@H](OC(=O)c1cccnc1Oc1ccccc1)C(=O)N1CCNC1=O. The number of amides is 3. The molecule has 2 heterocycles. The van der Waals surface area contributed by atoms with E-state index in [1.807, 2.05) is 6.07 Å². The second-order valence-corrected chi connectivity index (χ2v) is 5.54. The Labute approximate surface area is 149 Å². The van der Waals surface area contributed by atoms with Crippen LogP contribution in [0.1, 0.15) is 17.3 Å². The molecule has 1 aliphatic heterocycles. The zero-order valence-electron chi connectivity index (χ0n) is 14.0. The summed E-state index contributed by atoms with van der Waals surface area (Å²) in [5.74, 6) is -0.757. The molecule has 0 bridgehead atoms. The van der Waals surface area contributed by atoms with Gasteiger partial charge in [0, 0.05) is 19.3 Å². The summed E-state index contributed by atoms with van der Waals surface area (Å²) in [6.45, 7) is 2.04. The smallest absolute Gasteiger partial charge is 0.344 e. The minimum Gasteiger partial charge on any atom is -0.449 e. The summed E-state index contributed by atoms with van der Waals surface area (Å²) in [6.07, 6.45) is 0.370. The van der Waals surface area contributed by atoms with Gasteiger partial charge in [0.2, 0.25) is 5.88 Å². The summed E-state index contributed by atoms with van der Waals surface area (Å²) in [5.41, 5.74) is 0.0851. The van der Waals surface area contributed by atoms with Crippen molar-refractivity contribution in [3.8, 4) is 11.6 Å². The number of pyridine rings is 1. The second kappa shape index (κ2) is 7.64. The van der Waals surface area contributed by atoms with E-state index in [2.05, 4.69) is 10.3 Å². The van der Waals surface area contributed by atoms with Crippen molar-refractivity contribution in [2.24, 2.45) is 0 Å². The molecule has 0 unspecified atom stereocenters. The number of nitrogens with zero attached hydrogens (tertiary/aromatic N) is 2. The molecule has 8 heteroatoms. The highest BCUT2D eigenvalue weighted by molar-refractivity contribution is 6.00. The van der Waals surface area contributed by atoms with Crippen LogP contribution in [0.15, 0.2) is 48.7 Å². The van der Waals surface area contributed by atoms with Gasteiger partial charge in [-0.3, -0.25) is 9.69 Å². The molecular formula is C18H17N3O5. The zero-order valence-corrected chi connectivity index (χ0v) is 14.0. The number of para-hydroxylation sites is 1. The van der Waals surface area contributed by atoms with Gasteiger partial charge in [-0.1, -0.05) is 18.2 Å². The third-order valence-electron chi connectivity index (χ3n) is 3.70. The number of urea groups is 1. The van der Waals surface area contributed by atoms with Gasteiger partial charge in [0.25, 0.3) is 5.91 Å². The number of ether oxygens (including phenoxy) is 2. The summed E-state index contributed by atoms with van der Waals surface area (Å²) in [6, 6.07) is 11.4. The largest absolute Gasteiger partial charge is 0.449 e. The normalized spacial score (nSPS) is 14.5. The third kappa shape index (κ3) is 3.80. The van der Waals surface area contributed by atoms with Gasteiger partial charge in [-0.2, -0.15) is 0 Å². The van der Waals surface area contributed by atoms with Crippen molar-refractivity contribution in [1.82, 2.24) is 15.2 Å². The maximum atomic E-state index is 12.5.